The monoisotopic (exact) mass is 337 g/mol. The third-order valence-corrected chi connectivity index (χ3v) is 3.54. The summed E-state index contributed by atoms with van der Waals surface area (Å²) < 4.78 is 7.24. The fourth-order valence-corrected chi connectivity index (χ4v) is 2.25. The number of pyridine rings is 1. The Morgan fingerprint density at radius 3 is 2.76 bits per heavy atom. The van der Waals surface area contributed by atoms with Gasteiger partial charge in [0.25, 0.3) is 0 Å². The minimum Gasteiger partial charge on any atom is -0.477 e. The number of hydrogen-bond acceptors (Lipinski definition) is 5. The lowest BCUT2D eigenvalue weighted by molar-refractivity contribution is -0.116. The van der Waals surface area contributed by atoms with Gasteiger partial charge < -0.3 is 10.1 Å². The van der Waals surface area contributed by atoms with Crippen LogP contribution in [0.4, 0.5) is 5.69 Å². The van der Waals surface area contributed by atoms with Crippen LogP contribution in [0.5, 0.6) is 5.88 Å². The number of benzene rings is 1. The fourth-order valence-electron chi connectivity index (χ4n) is 2.25. The van der Waals surface area contributed by atoms with E-state index in [2.05, 4.69) is 32.5 Å². The van der Waals surface area contributed by atoms with Crippen LogP contribution in [-0.4, -0.2) is 32.3 Å². The van der Waals surface area contributed by atoms with Gasteiger partial charge in [-0.25, -0.2) is 9.97 Å². The first-order valence-electron chi connectivity index (χ1n) is 8.04. The molecule has 0 aliphatic rings. The van der Waals surface area contributed by atoms with Gasteiger partial charge in [0.2, 0.25) is 11.8 Å². The van der Waals surface area contributed by atoms with E-state index in [1.165, 1.54) is 11.9 Å². The maximum atomic E-state index is 11.9. The third-order valence-electron chi connectivity index (χ3n) is 3.54. The minimum absolute atomic E-state index is 0.102. The van der Waals surface area contributed by atoms with Crippen LogP contribution in [0.15, 0.2) is 61.3 Å². The smallest absolute Gasteiger partial charge is 0.226 e. The molecule has 1 amide bonds. The van der Waals surface area contributed by atoms with Crippen molar-refractivity contribution in [2.75, 3.05) is 11.9 Å². The summed E-state index contributed by atoms with van der Waals surface area (Å²) >= 11 is 0. The number of rotatable bonds is 8. The second-order valence-corrected chi connectivity index (χ2v) is 5.43. The summed E-state index contributed by atoms with van der Waals surface area (Å²) in [6.07, 6.45) is 5.75. The van der Waals surface area contributed by atoms with Gasteiger partial charge >= 0.3 is 0 Å². The molecule has 0 radical (unpaired) electrons. The number of carbonyl (C=O) groups excluding carboxylic acids is 1. The summed E-state index contributed by atoms with van der Waals surface area (Å²) in [5.41, 5.74) is 1.86. The Morgan fingerprint density at radius 1 is 1.16 bits per heavy atom. The first-order chi connectivity index (χ1) is 12.3. The van der Waals surface area contributed by atoms with Crippen LogP contribution in [0.25, 0.3) is 0 Å². The molecule has 3 aromatic rings. The second kappa shape index (κ2) is 8.58. The number of aryl methyl sites for hydroxylation is 1. The van der Waals surface area contributed by atoms with E-state index in [1.807, 2.05) is 18.2 Å². The van der Waals surface area contributed by atoms with Crippen LogP contribution in [0.1, 0.15) is 12.0 Å². The summed E-state index contributed by atoms with van der Waals surface area (Å²) in [6.45, 7) is 1.04. The molecule has 1 aromatic carbocycles. The molecule has 3 rings (SSSR count). The van der Waals surface area contributed by atoms with E-state index in [0.29, 0.717) is 31.1 Å². The van der Waals surface area contributed by atoms with Crippen LogP contribution in [0.2, 0.25) is 0 Å². The maximum Gasteiger partial charge on any atom is 0.226 e. The molecular formula is C18H19N5O2. The molecule has 2 aromatic heterocycles. The van der Waals surface area contributed by atoms with Crippen molar-refractivity contribution in [2.24, 2.45) is 0 Å². The molecule has 0 spiro atoms. The van der Waals surface area contributed by atoms with Crippen molar-refractivity contribution in [1.29, 1.82) is 0 Å². The third kappa shape index (κ3) is 5.42. The van der Waals surface area contributed by atoms with Crippen molar-refractivity contribution >= 4 is 11.6 Å². The van der Waals surface area contributed by atoms with Gasteiger partial charge in [-0.05, 0) is 11.6 Å². The van der Waals surface area contributed by atoms with E-state index in [0.717, 1.165) is 6.42 Å². The molecule has 0 unspecified atom stereocenters. The van der Waals surface area contributed by atoms with Gasteiger partial charge in [-0.3, -0.25) is 9.48 Å². The average Bonchev–Trinajstić information content (AvgIpc) is 3.16. The van der Waals surface area contributed by atoms with Gasteiger partial charge in [-0.1, -0.05) is 30.3 Å². The number of amides is 1. The summed E-state index contributed by atoms with van der Waals surface area (Å²) in [6, 6.07) is 13.7. The minimum atomic E-state index is -0.102. The number of carbonyl (C=O) groups is 1. The lowest BCUT2D eigenvalue weighted by atomic mass is 10.2. The van der Waals surface area contributed by atoms with Gasteiger partial charge in [-0.2, -0.15) is 5.10 Å². The van der Waals surface area contributed by atoms with Crippen molar-refractivity contribution in [3.8, 4) is 5.88 Å². The zero-order valence-corrected chi connectivity index (χ0v) is 13.7. The molecule has 2 heterocycles. The summed E-state index contributed by atoms with van der Waals surface area (Å²) in [5.74, 6) is 0.437. The Hall–Kier alpha value is -3.22. The predicted octanol–water partition coefficient (Wildman–Crippen LogP) is 2.32. The van der Waals surface area contributed by atoms with Gasteiger partial charge in [0.15, 0.2) is 0 Å². The summed E-state index contributed by atoms with van der Waals surface area (Å²) in [7, 11) is 0. The molecule has 0 aliphatic carbocycles. The Balaban J connectivity index is 1.41. The van der Waals surface area contributed by atoms with E-state index >= 15 is 0 Å². The zero-order valence-electron chi connectivity index (χ0n) is 13.7. The van der Waals surface area contributed by atoms with Crippen LogP contribution < -0.4 is 10.1 Å². The lowest BCUT2D eigenvalue weighted by Crippen LogP contribution is -2.15. The van der Waals surface area contributed by atoms with Crippen molar-refractivity contribution in [2.45, 2.75) is 19.4 Å². The highest BCUT2D eigenvalue weighted by Gasteiger charge is 2.04. The molecule has 0 atom stereocenters. The number of ether oxygens (including phenoxy) is 1. The van der Waals surface area contributed by atoms with E-state index in [1.54, 1.807) is 29.3 Å². The quantitative estimate of drug-likeness (QED) is 0.682. The first-order valence-corrected chi connectivity index (χ1v) is 8.04. The number of nitrogens with one attached hydrogen (secondary N) is 1. The standard InChI is InChI=1S/C18H19N5O2/c24-17(8-10-23-14-19-13-21-23)22-16-6-7-18(20-12-16)25-11-9-15-4-2-1-3-5-15/h1-7,12-14H,8-11H2,(H,22,24). The lowest BCUT2D eigenvalue weighted by Gasteiger charge is -2.08. The Kier molecular flexibility index (Phi) is 5.71. The number of nitrogens with zero attached hydrogens (tertiary/aromatic N) is 4. The molecule has 0 saturated heterocycles. The van der Waals surface area contributed by atoms with Crippen molar-refractivity contribution < 1.29 is 9.53 Å². The van der Waals surface area contributed by atoms with Crippen LogP contribution >= 0.6 is 0 Å². The SMILES string of the molecule is O=C(CCn1cncn1)Nc1ccc(OCCc2ccccc2)nc1. The van der Waals surface area contributed by atoms with E-state index in [4.69, 9.17) is 4.74 Å². The molecule has 0 bridgehead atoms. The van der Waals surface area contributed by atoms with Gasteiger partial charge in [0.05, 0.1) is 25.0 Å². The number of hydrogen-bond donors (Lipinski definition) is 1. The molecule has 1 N–H and O–H groups in total. The van der Waals surface area contributed by atoms with E-state index in [-0.39, 0.29) is 5.91 Å². The molecular weight excluding hydrogens is 318 g/mol. The van der Waals surface area contributed by atoms with Gasteiger partial charge in [-0.15, -0.1) is 0 Å². The average molecular weight is 337 g/mol. The van der Waals surface area contributed by atoms with Gasteiger partial charge in [0, 0.05) is 18.9 Å². The highest BCUT2D eigenvalue weighted by Crippen LogP contribution is 2.12. The van der Waals surface area contributed by atoms with Crippen molar-refractivity contribution in [3.63, 3.8) is 0 Å². The molecule has 0 fully saturated rings. The maximum absolute atomic E-state index is 11.9. The Labute approximate surface area is 145 Å². The molecule has 25 heavy (non-hydrogen) atoms. The molecule has 7 heteroatoms. The largest absolute Gasteiger partial charge is 0.477 e. The molecule has 128 valence electrons. The molecule has 0 aliphatic heterocycles. The zero-order chi connectivity index (χ0) is 17.3. The normalized spacial score (nSPS) is 10.4. The predicted molar refractivity (Wildman–Crippen MR) is 93.1 cm³/mol. The number of anilines is 1. The number of aromatic nitrogens is 4. The van der Waals surface area contributed by atoms with E-state index < -0.39 is 0 Å². The van der Waals surface area contributed by atoms with Gasteiger partial charge in [0.1, 0.15) is 12.7 Å². The van der Waals surface area contributed by atoms with Crippen LogP contribution in [-0.2, 0) is 17.8 Å². The second-order valence-electron chi connectivity index (χ2n) is 5.43. The first kappa shape index (κ1) is 16.6. The van der Waals surface area contributed by atoms with E-state index in [9.17, 15) is 4.79 Å². The van der Waals surface area contributed by atoms with Crippen LogP contribution in [0.3, 0.4) is 0 Å². The Morgan fingerprint density at radius 2 is 2.04 bits per heavy atom. The highest BCUT2D eigenvalue weighted by atomic mass is 16.5. The van der Waals surface area contributed by atoms with Crippen molar-refractivity contribution in [3.05, 3.63) is 66.9 Å². The fraction of sp³-hybridized carbons (Fsp3) is 0.222. The van der Waals surface area contributed by atoms with Crippen molar-refractivity contribution in [1.82, 2.24) is 19.7 Å². The molecule has 0 saturated carbocycles. The summed E-state index contributed by atoms with van der Waals surface area (Å²) in [5, 5.41) is 6.75. The molecule has 7 nitrogen and oxygen atoms in total. The Bertz CT molecular complexity index is 773. The summed E-state index contributed by atoms with van der Waals surface area (Å²) in [4.78, 5) is 19.9. The van der Waals surface area contributed by atoms with Crippen LogP contribution in [0, 0.1) is 0 Å². The topological polar surface area (TPSA) is 81.9 Å². The highest BCUT2D eigenvalue weighted by molar-refractivity contribution is 5.90.